The molecule has 0 saturated heterocycles. The Morgan fingerprint density at radius 1 is 1.31 bits per heavy atom. The predicted molar refractivity (Wildman–Crippen MR) is 98.9 cm³/mol. The van der Waals surface area contributed by atoms with Crippen molar-refractivity contribution in [3.8, 4) is 5.75 Å². The zero-order valence-corrected chi connectivity index (χ0v) is 15.3. The van der Waals surface area contributed by atoms with Crippen LogP contribution in [0.1, 0.15) is 57.0 Å². The third kappa shape index (κ3) is 3.27. The van der Waals surface area contributed by atoms with E-state index in [9.17, 15) is 14.7 Å². The molecule has 1 aromatic heterocycles. The second kappa shape index (κ2) is 6.85. The second-order valence-corrected chi connectivity index (χ2v) is 7.97. The third-order valence-electron chi connectivity index (χ3n) is 5.19. The molecule has 1 aliphatic heterocycles. The number of ketones is 1. The topological polar surface area (TPSA) is 75.6 Å². The Labute approximate surface area is 156 Å². The lowest BCUT2D eigenvalue weighted by molar-refractivity contribution is 0.0235. The molecule has 0 unspecified atom stereocenters. The van der Waals surface area contributed by atoms with Gasteiger partial charge in [-0.05, 0) is 55.0 Å². The highest BCUT2D eigenvalue weighted by molar-refractivity contribution is 7.12. The molecule has 26 heavy (non-hydrogen) atoms. The van der Waals surface area contributed by atoms with Crippen molar-refractivity contribution in [3.05, 3.63) is 51.2 Å². The van der Waals surface area contributed by atoms with Gasteiger partial charge in [0.15, 0.2) is 5.78 Å². The molecule has 2 aromatic rings. The van der Waals surface area contributed by atoms with Crippen LogP contribution in [0.4, 0.5) is 0 Å². The largest absolute Gasteiger partial charge is 0.493 e. The van der Waals surface area contributed by atoms with Crippen LogP contribution in [-0.2, 0) is 6.42 Å². The highest BCUT2D eigenvalue weighted by Gasteiger charge is 2.36. The Morgan fingerprint density at radius 3 is 2.81 bits per heavy atom. The Hall–Kier alpha value is -2.18. The lowest BCUT2D eigenvalue weighted by atomic mass is 9.74. The van der Waals surface area contributed by atoms with Gasteiger partial charge >= 0.3 is 0 Å². The number of aliphatic hydroxyl groups excluding tert-OH is 1. The number of carbonyl (C=O) groups excluding carboxylic acids is 2. The van der Waals surface area contributed by atoms with E-state index in [-0.39, 0.29) is 29.8 Å². The van der Waals surface area contributed by atoms with Crippen molar-refractivity contribution in [1.82, 2.24) is 5.32 Å². The second-order valence-electron chi connectivity index (χ2n) is 7.06. The van der Waals surface area contributed by atoms with E-state index >= 15 is 0 Å². The molecular formula is C20H21NO4S. The van der Waals surface area contributed by atoms with Crippen molar-refractivity contribution in [1.29, 1.82) is 0 Å². The molecule has 2 aliphatic rings. The van der Waals surface area contributed by atoms with E-state index in [1.54, 1.807) is 11.4 Å². The average Bonchev–Trinajstić information content (AvgIpc) is 3.25. The molecule has 0 radical (unpaired) electrons. The molecule has 0 bridgehead atoms. The summed E-state index contributed by atoms with van der Waals surface area (Å²) in [7, 11) is 0. The van der Waals surface area contributed by atoms with Crippen molar-refractivity contribution in [3.63, 3.8) is 0 Å². The van der Waals surface area contributed by atoms with E-state index in [1.807, 2.05) is 12.1 Å². The number of benzene rings is 1. The number of nitrogens with one attached hydrogen (secondary N) is 1. The first kappa shape index (κ1) is 17.2. The fourth-order valence-electron chi connectivity index (χ4n) is 3.64. The van der Waals surface area contributed by atoms with Crippen molar-refractivity contribution in [2.75, 3.05) is 6.61 Å². The van der Waals surface area contributed by atoms with Crippen LogP contribution in [0.5, 0.6) is 5.75 Å². The van der Waals surface area contributed by atoms with Crippen molar-refractivity contribution < 1.29 is 19.4 Å². The minimum Gasteiger partial charge on any atom is -0.493 e. The molecule has 1 fully saturated rings. The van der Waals surface area contributed by atoms with Crippen LogP contribution in [-0.4, -0.2) is 29.5 Å². The van der Waals surface area contributed by atoms with Crippen LogP contribution >= 0.6 is 11.3 Å². The summed E-state index contributed by atoms with van der Waals surface area (Å²) in [6.07, 6.45) is 1.95. The quantitative estimate of drug-likeness (QED) is 0.792. The number of hydrogen-bond donors (Lipinski definition) is 2. The van der Waals surface area contributed by atoms with Gasteiger partial charge in [-0.2, -0.15) is 0 Å². The summed E-state index contributed by atoms with van der Waals surface area (Å²) in [6.45, 7) is 2.19. The molecule has 2 N–H and O–H groups in total. The number of thiophene rings is 1. The molecule has 1 aromatic carbocycles. The van der Waals surface area contributed by atoms with Gasteiger partial charge in [0.1, 0.15) is 5.75 Å². The monoisotopic (exact) mass is 371 g/mol. The van der Waals surface area contributed by atoms with E-state index < -0.39 is 0 Å². The number of carbonyl (C=O) groups is 2. The lowest BCUT2D eigenvalue weighted by Crippen LogP contribution is -2.41. The number of ether oxygens (including phenoxy) is 1. The van der Waals surface area contributed by atoms with Gasteiger partial charge in [0.05, 0.1) is 29.2 Å². The van der Waals surface area contributed by atoms with Gasteiger partial charge in [-0.25, -0.2) is 0 Å². The normalized spacial score (nSPS) is 22.1. The zero-order chi connectivity index (χ0) is 18.3. The lowest BCUT2D eigenvalue weighted by Gasteiger charge is -2.38. The van der Waals surface area contributed by atoms with Crippen LogP contribution in [0.25, 0.3) is 0 Å². The Kier molecular flexibility index (Phi) is 4.54. The average molecular weight is 371 g/mol. The molecule has 1 amide bonds. The molecule has 6 heteroatoms. The number of Topliss-reactive ketones (excluding diaryl/α,β-unsaturated/α-hetero) is 1. The van der Waals surface area contributed by atoms with Gasteiger partial charge in [-0.1, -0.05) is 6.07 Å². The number of rotatable bonds is 5. The number of hydrogen-bond acceptors (Lipinski definition) is 5. The number of aliphatic hydroxyl groups is 1. The molecule has 1 atom stereocenters. The van der Waals surface area contributed by atoms with Crippen LogP contribution < -0.4 is 10.1 Å². The first-order chi connectivity index (χ1) is 12.5. The number of fused-ring (bicyclic) bond motifs is 1. The summed E-state index contributed by atoms with van der Waals surface area (Å²) in [5, 5.41) is 14.6. The Balaban J connectivity index is 1.57. The SMILES string of the molecule is CC(=O)c1cc(C(=O)N[C@@H](c2ccc3c(c2)CCO3)C2CC(O)C2)cs1. The third-order valence-corrected chi connectivity index (χ3v) is 6.22. The smallest absolute Gasteiger partial charge is 0.252 e. The Bertz CT molecular complexity index is 853. The standard InChI is InChI=1S/C20H21NO4S/c1-11(22)18-9-15(10-26-18)20(24)21-19(14-7-16(23)8-14)13-2-3-17-12(6-13)4-5-25-17/h2-3,6,9-10,14,16,19,23H,4-5,7-8H2,1H3,(H,21,24)/t14?,16?,19-/m0/s1. The summed E-state index contributed by atoms with van der Waals surface area (Å²) < 4.78 is 5.57. The summed E-state index contributed by atoms with van der Waals surface area (Å²) >= 11 is 1.29. The maximum Gasteiger partial charge on any atom is 0.252 e. The summed E-state index contributed by atoms with van der Waals surface area (Å²) in [6, 6.07) is 7.55. The van der Waals surface area contributed by atoms with E-state index in [4.69, 9.17) is 4.74 Å². The fraction of sp³-hybridized carbons (Fsp3) is 0.400. The highest BCUT2D eigenvalue weighted by Crippen LogP contribution is 2.40. The van der Waals surface area contributed by atoms with Gasteiger partial charge in [-0.3, -0.25) is 9.59 Å². The predicted octanol–water partition coefficient (Wildman–Crippen LogP) is 3.13. The molecular weight excluding hydrogens is 350 g/mol. The zero-order valence-electron chi connectivity index (χ0n) is 14.5. The van der Waals surface area contributed by atoms with Gasteiger partial charge < -0.3 is 15.2 Å². The molecule has 1 saturated carbocycles. The van der Waals surface area contributed by atoms with Crippen LogP contribution in [0.15, 0.2) is 29.6 Å². The van der Waals surface area contributed by atoms with E-state index in [0.29, 0.717) is 29.9 Å². The van der Waals surface area contributed by atoms with E-state index in [1.165, 1.54) is 18.3 Å². The first-order valence-corrected chi connectivity index (χ1v) is 9.73. The van der Waals surface area contributed by atoms with Gasteiger partial charge in [0, 0.05) is 11.8 Å². The number of amides is 1. The summed E-state index contributed by atoms with van der Waals surface area (Å²) in [4.78, 5) is 24.8. The minimum absolute atomic E-state index is 0.0358. The molecule has 0 spiro atoms. The van der Waals surface area contributed by atoms with Crippen LogP contribution in [0.2, 0.25) is 0 Å². The van der Waals surface area contributed by atoms with E-state index in [2.05, 4.69) is 11.4 Å². The van der Waals surface area contributed by atoms with Crippen LogP contribution in [0, 0.1) is 5.92 Å². The first-order valence-electron chi connectivity index (χ1n) is 8.85. The molecule has 136 valence electrons. The molecule has 5 nitrogen and oxygen atoms in total. The van der Waals surface area contributed by atoms with Crippen LogP contribution in [0.3, 0.4) is 0 Å². The molecule has 2 heterocycles. The van der Waals surface area contributed by atoms with Crippen molar-refractivity contribution >= 4 is 23.0 Å². The van der Waals surface area contributed by atoms with Gasteiger partial charge in [0.2, 0.25) is 0 Å². The van der Waals surface area contributed by atoms with Gasteiger partial charge in [-0.15, -0.1) is 11.3 Å². The highest BCUT2D eigenvalue weighted by atomic mass is 32.1. The fourth-order valence-corrected chi connectivity index (χ4v) is 4.43. The van der Waals surface area contributed by atoms with Crippen molar-refractivity contribution in [2.24, 2.45) is 5.92 Å². The van der Waals surface area contributed by atoms with E-state index in [0.717, 1.165) is 23.3 Å². The minimum atomic E-state index is -0.289. The van der Waals surface area contributed by atoms with Gasteiger partial charge in [0.25, 0.3) is 5.91 Å². The van der Waals surface area contributed by atoms with Crippen molar-refractivity contribution in [2.45, 2.75) is 38.3 Å². The Morgan fingerprint density at radius 2 is 2.12 bits per heavy atom. The maximum absolute atomic E-state index is 12.7. The maximum atomic E-state index is 12.7. The molecule has 1 aliphatic carbocycles. The molecule has 4 rings (SSSR count). The summed E-state index contributed by atoms with van der Waals surface area (Å²) in [5.74, 6) is 0.903. The summed E-state index contributed by atoms with van der Waals surface area (Å²) in [5.41, 5.74) is 2.71.